The van der Waals surface area contributed by atoms with Crippen molar-refractivity contribution in [1.29, 1.82) is 0 Å². The van der Waals surface area contributed by atoms with Crippen LogP contribution < -0.4 is 0 Å². The molecule has 1 aliphatic carbocycles. The van der Waals surface area contributed by atoms with Gasteiger partial charge < -0.3 is 8.98 Å². The second-order valence-corrected chi connectivity index (χ2v) is 7.24. The summed E-state index contributed by atoms with van der Waals surface area (Å²) in [5.74, 6) is 2.86. The molecule has 2 aromatic heterocycles. The van der Waals surface area contributed by atoms with Crippen LogP contribution in [0.5, 0.6) is 0 Å². The molecule has 6 nitrogen and oxygen atoms in total. The lowest BCUT2D eigenvalue weighted by Crippen LogP contribution is -2.02. The van der Waals surface area contributed by atoms with Crippen LogP contribution in [0.2, 0.25) is 0 Å². The molecule has 0 bridgehead atoms. The molecule has 7 heteroatoms. The molecule has 0 spiro atoms. The Hall–Kier alpha value is -2.15. The molecular formula is C17H19N5OS. The molecular weight excluding hydrogens is 322 g/mol. The fraction of sp³-hybridized carbons (Fsp3) is 0.412. The molecule has 0 N–H and O–H groups in total. The molecule has 1 aromatic carbocycles. The van der Waals surface area contributed by atoms with Crippen molar-refractivity contribution in [3.05, 3.63) is 42.0 Å². The van der Waals surface area contributed by atoms with Crippen LogP contribution in [-0.2, 0) is 6.54 Å². The van der Waals surface area contributed by atoms with E-state index in [1.54, 1.807) is 11.8 Å². The maximum absolute atomic E-state index is 5.84. The highest BCUT2D eigenvalue weighted by molar-refractivity contribution is 7.99. The van der Waals surface area contributed by atoms with Crippen molar-refractivity contribution in [2.75, 3.05) is 0 Å². The average molecular weight is 341 g/mol. The molecule has 0 radical (unpaired) electrons. The van der Waals surface area contributed by atoms with E-state index in [0.29, 0.717) is 17.7 Å². The summed E-state index contributed by atoms with van der Waals surface area (Å²) in [6.45, 7) is 5.07. The minimum absolute atomic E-state index is 0.0246. The SMILES string of the molecule is CCn1c(SC(C)c2nnc(-c3ccccc3)o2)nnc1C1CC1. The van der Waals surface area contributed by atoms with Crippen LogP contribution in [0, 0.1) is 0 Å². The highest BCUT2D eigenvalue weighted by Gasteiger charge is 2.30. The lowest BCUT2D eigenvalue weighted by molar-refractivity contribution is 0.508. The zero-order chi connectivity index (χ0) is 16.5. The molecule has 2 heterocycles. The Kier molecular flexibility index (Phi) is 4.10. The topological polar surface area (TPSA) is 69.6 Å². The van der Waals surface area contributed by atoms with E-state index in [9.17, 15) is 0 Å². The Labute approximate surface area is 144 Å². The number of rotatable bonds is 6. The molecule has 0 saturated heterocycles. The van der Waals surface area contributed by atoms with Gasteiger partial charge in [0.1, 0.15) is 5.82 Å². The first-order valence-corrected chi connectivity index (χ1v) is 9.12. The highest BCUT2D eigenvalue weighted by Crippen LogP contribution is 2.41. The Morgan fingerprint density at radius 2 is 1.96 bits per heavy atom. The molecule has 1 saturated carbocycles. The van der Waals surface area contributed by atoms with Gasteiger partial charge in [0.25, 0.3) is 0 Å². The Morgan fingerprint density at radius 3 is 2.67 bits per heavy atom. The lowest BCUT2D eigenvalue weighted by atomic mass is 10.2. The van der Waals surface area contributed by atoms with Gasteiger partial charge in [0.15, 0.2) is 5.16 Å². The maximum Gasteiger partial charge on any atom is 0.247 e. The summed E-state index contributed by atoms with van der Waals surface area (Å²) >= 11 is 1.62. The average Bonchev–Trinajstić information content (AvgIpc) is 3.19. The third-order valence-corrected chi connectivity index (χ3v) is 5.16. The van der Waals surface area contributed by atoms with Crippen molar-refractivity contribution in [1.82, 2.24) is 25.0 Å². The van der Waals surface area contributed by atoms with Gasteiger partial charge in [0, 0.05) is 18.0 Å². The van der Waals surface area contributed by atoms with Crippen LogP contribution in [0.15, 0.2) is 39.9 Å². The van der Waals surface area contributed by atoms with Gasteiger partial charge in [-0.3, -0.25) is 0 Å². The van der Waals surface area contributed by atoms with Crippen LogP contribution in [0.3, 0.4) is 0 Å². The number of hydrogen-bond acceptors (Lipinski definition) is 6. The van der Waals surface area contributed by atoms with Crippen LogP contribution in [-0.4, -0.2) is 25.0 Å². The van der Waals surface area contributed by atoms with E-state index in [-0.39, 0.29) is 5.25 Å². The minimum Gasteiger partial charge on any atom is -0.419 e. The lowest BCUT2D eigenvalue weighted by Gasteiger charge is -2.09. The van der Waals surface area contributed by atoms with Gasteiger partial charge in [-0.2, -0.15) is 0 Å². The van der Waals surface area contributed by atoms with Crippen molar-refractivity contribution >= 4 is 11.8 Å². The van der Waals surface area contributed by atoms with Crippen molar-refractivity contribution in [3.8, 4) is 11.5 Å². The fourth-order valence-electron chi connectivity index (χ4n) is 2.63. The second kappa shape index (κ2) is 6.39. The van der Waals surface area contributed by atoms with Gasteiger partial charge in [-0.15, -0.1) is 20.4 Å². The first-order chi connectivity index (χ1) is 11.8. The maximum atomic E-state index is 5.84. The molecule has 3 aromatic rings. The molecule has 0 aliphatic heterocycles. The van der Waals surface area contributed by atoms with Crippen molar-refractivity contribution < 1.29 is 4.42 Å². The largest absolute Gasteiger partial charge is 0.419 e. The first-order valence-electron chi connectivity index (χ1n) is 8.24. The highest BCUT2D eigenvalue weighted by atomic mass is 32.2. The van der Waals surface area contributed by atoms with E-state index in [0.717, 1.165) is 23.1 Å². The Bertz CT molecular complexity index is 825. The van der Waals surface area contributed by atoms with Crippen LogP contribution in [0.1, 0.15) is 49.6 Å². The van der Waals surface area contributed by atoms with Crippen molar-refractivity contribution in [2.24, 2.45) is 0 Å². The van der Waals surface area contributed by atoms with E-state index < -0.39 is 0 Å². The first kappa shape index (κ1) is 15.4. The van der Waals surface area contributed by atoms with Crippen LogP contribution in [0.25, 0.3) is 11.5 Å². The molecule has 1 aliphatic rings. The normalized spacial score (nSPS) is 15.6. The van der Waals surface area contributed by atoms with Crippen LogP contribution >= 0.6 is 11.8 Å². The molecule has 1 fully saturated rings. The molecule has 124 valence electrons. The number of nitrogens with zero attached hydrogens (tertiary/aromatic N) is 5. The van der Waals surface area contributed by atoms with Crippen LogP contribution in [0.4, 0.5) is 0 Å². The van der Waals surface area contributed by atoms with E-state index in [2.05, 4.69) is 38.8 Å². The molecule has 1 atom stereocenters. The molecule has 1 unspecified atom stereocenters. The molecule has 4 rings (SSSR count). The Morgan fingerprint density at radius 1 is 1.17 bits per heavy atom. The summed E-state index contributed by atoms with van der Waals surface area (Å²) < 4.78 is 8.04. The number of thioether (sulfide) groups is 1. The van der Waals surface area contributed by atoms with E-state index in [1.807, 2.05) is 30.3 Å². The Balaban J connectivity index is 1.53. The summed E-state index contributed by atoms with van der Waals surface area (Å²) in [7, 11) is 0. The zero-order valence-corrected chi connectivity index (χ0v) is 14.5. The molecule has 24 heavy (non-hydrogen) atoms. The van der Waals surface area contributed by atoms with Gasteiger partial charge in [-0.05, 0) is 38.8 Å². The third-order valence-electron chi connectivity index (χ3n) is 4.10. The van der Waals surface area contributed by atoms with Gasteiger partial charge in [0.2, 0.25) is 11.8 Å². The van der Waals surface area contributed by atoms with Crippen molar-refractivity contribution in [3.63, 3.8) is 0 Å². The third kappa shape index (κ3) is 2.96. The standard InChI is InChI=1S/C17H19N5OS/c1-3-22-14(12-9-10-12)18-21-17(22)24-11(2)15-19-20-16(23-15)13-7-5-4-6-8-13/h4-8,11-12H,3,9-10H2,1-2H3. The van der Waals surface area contributed by atoms with Gasteiger partial charge in [-0.1, -0.05) is 30.0 Å². The summed E-state index contributed by atoms with van der Waals surface area (Å²) in [6, 6.07) is 9.81. The molecule has 0 amide bonds. The van der Waals surface area contributed by atoms with Crippen molar-refractivity contribution in [2.45, 2.75) is 49.6 Å². The summed E-state index contributed by atoms with van der Waals surface area (Å²) in [5.41, 5.74) is 0.932. The van der Waals surface area contributed by atoms with Gasteiger partial charge in [0.05, 0.1) is 5.25 Å². The van der Waals surface area contributed by atoms with E-state index >= 15 is 0 Å². The smallest absolute Gasteiger partial charge is 0.247 e. The zero-order valence-electron chi connectivity index (χ0n) is 13.7. The van der Waals surface area contributed by atoms with Gasteiger partial charge in [-0.25, -0.2) is 0 Å². The summed E-state index contributed by atoms with van der Waals surface area (Å²) in [6.07, 6.45) is 2.45. The quantitative estimate of drug-likeness (QED) is 0.629. The van der Waals surface area contributed by atoms with Gasteiger partial charge >= 0.3 is 0 Å². The number of benzene rings is 1. The monoisotopic (exact) mass is 341 g/mol. The predicted molar refractivity (Wildman–Crippen MR) is 91.7 cm³/mol. The second-order valence-electron chi connectivity index (χ2n) is 5.93. The van der Waals surface area contributed by atoms with E-state index in [1.165, 1.54) is 12.8 Å². The fourth-order valence-corrected chi connectivity index (χ4v) is 3.58. The number of hydrogen-bond donors (Lipinski definition) is 0. The number of aromatic nitrogens is 5. The van der Waals surface area contributed by atoms with E-state index in [4.69, 9.17) is 4.42 Å². The summed E-state index contributed by atoms with van der Waals surface area (Å²) in [4.78, 5) is 0. The predicted octanol–water partition coefficient (Wildman–Crippen LogP) is 4.08. The summed E-state index contributed by atoms with van der Waals surface area (Å²) in [5, 5.41) is 18.1. The minimum atomic E-state index is 0.0246.